The molecule has 45 heavy (non-hydrogen) atoms. The van der Waals surface area contributed by atoms with Gasteiger partial charge in [-0.25, -0.2) is 19.3 Å². The molecule has 0 spiro atoms. The Labute approximate surface area is 269 Å². The van der Waals surface area contributed by atoms with Crippen molar-refractivity contribution in [2.24, 2.45) is 0 Å². The Morgan fingerprint density at radius 2 is 1.04 bits per heavy atom. The third-order valence-electron chi connectivity index (χ3n) is 7.00. The second kappa shape index (κ2) is 13.3. The summed E-state index contributed by atoms with van der Waals surface area (Å²) in [5.41, 5.74) is 4.83. The number of hydrogen-bond donors (Lipinski definition) is 0. The van der Waals surface area contributed by atoms with Crippen molar-refractivity contribution in [2.75, 3.05) is 10.0 Å². The van der Waals surface area contributed by atoms with Crippen molar-refractivity contribution in [3.05, 3.63) is 155 Å². The summed E-state index contributed by atoms with van der Waals surface area (Å²) >= 11 is 13.4. The molecule has 11 heteroatoms. The lowest BCUT2D eigenvalue weighted by Crippen LogP contribution is -2.27. The van der Waals surface area contributed by atoms with Crippen LogP contribution in [0.4, 0.5) is 11.4 Å². The maximum Gasteiger partial charge on any atom is 0.146 e. The van der Waals surface area contributed by atoms with Gasteiger partial charge in [0.2, 0.25) is 0 Å². The average molecular weight is 632 g/mol. The normalized spacial score (nSPS) is 10.6. The quantitative estimate of drug-likeness (QED) is 0.152. The van der Waals surface area contributed by atoms with Crippen molar-refractivity contribution in [1.29, 1.82) is 10.5 Å². The standard InChI is InChI=1S/C34H24Cl2N8O/c35-31-17-27(21-43(41-15-13-39-23-41)29-7-1-25(19-37)2-8-29)5-11-33(31)45-34-12-6-28(18-32(34)36)22-44(42-16-14-40-24-42)30-9-3-26(20-38)4-10-30/h1-18,23-24H,21-22H2. The van der Waals surface area contributed by atoms with Crippen LogP contribution >= 0.6 is 23.2 Å². The summed E-state index contributed by atoms with van der Waals surface area (Å²) in [6.45, 7) is 0.981. The average Bonchev–Trinajstić information content (AvgIpc) is 3.81. The largest absolute Gasteiger partial charge is 0.454 e. The molecule has 0 saturated heterocycles. The summed E-state index contributed by atoms with van der Waals surface area (Å²) < 4.78 is 9.88. The van der Waals surface area contributed by atoms with E-state index in [9.17, 15) is 10.5 Å². The molecule has 4 aromatic carbocycles. The van der Waals surface area contributed by atoms with Crippen LogP contribution in [0.5, 0.6) is 11.5 Å². The number of hydrogen-bond acceptors (Lipinski definition) is 7. The molecular weight excluding hydrogens is 607 g/mol. The minimum atomic E-state index is 0.435. The van der Waals surface area contributed by atoms with Gasteiger partial charge in [0, 0.05) is 24.8 Å². The van der Waals surface area contributed by atoms with Crippen molar-refractivity contribution in [3.8, 4) is 23.6 Å². The topological polar surface area (TPSA) is 98.9 Å². The molecule has 0 fully saturated rings. The Morgan fingerprint density at radius 3 is 1.38 bits per heavy atom. The summed E-state index contributed by atoms with van der Waals surface area (Å²) in [7, 11) is 0. The molecule has 0 aliphatic carbocycles. The summed E-state index contributed by atoms with van der Waals surface area (Å²) in [6, 6.07) is 30.2. The van der Waals surface area contributed by atoms with Gasteiger partial charge in [0.15, 0.2) is 0 Å². The fourth-order valence-electron chi connectivity index (χ4n) is 4.73. The van der Waals surface area contributed by atoms with E-state index in [0.29, 0.717) is 45.8 Å². The second-order valence-electron chi connectivity index (χ2n) is 9.95. The number of ether oxygens (including phenoxy) is 1. The number of halogens is 2. The van der Waals surface area contributed by atoms with Crippen LogP contribution in [-0.4, -0.2) is 19.3 Å². The van der Waals surface area contributed by atoms with Crippen LogP contribution in [0, 0.1) is 22.7 Å². The number of anilines is 2. The Balaban J connectivity index is 1.18. The van der Waals surface area contributed by atoms with Gasteiger partial charge in [-0.3, -0.25) is 10.0 Å². The number of nitrogens with zero attached hydrogens (tertiary/aromatic N) is 8. The predicted octanol–water partition coefficient (Wildman–Crippen LogP) is 7.86. The molecule has 6 aromatic rings. The minimum absolute atomic E-state index is 0.435. The highest BCUT2D eigenvalue weighted by molar-refractivity contribution is 6.33. The summed E-state index contributed by atoms with van der Waals surface area (Å²) in [4.78, 5) is 8.36. The third-order valence-corrected chi connectivity index (χ3v) is 7.60. The molecule has 0 atom stereocenters. The van der Waals surface area contributed by atoms with Gasteiger partial charge >= 0.3 is 0 Å². The van der Waals surface area contributed by atoms with E-state index in [1.54, 1.807) is 49.3 Å². The predicted molar refractivity (Wildman–Crippen MR) is 173 cm³/mol. The molecule has 2 aromatic heterocycles. The van der Waals surface area contributed by atoms with Gasteiger partial charge in [-0.15, -0.1) is 0 Å². The molecule has 0 amide bonds. The minimum Gasteiger partial charge on any atom is -0.454 e. The Morgan fingerprint density at radius 1 is 0.622 bits per heavy atom. The molecule has 9 nitrogen and oxygen atoms in total. The molecule has 0 unspecified atom stereocenters. The number of imidazole rings is 2. The van der Waals surface area contributed by atoms with Crippen molar-refractivity contribution in [3.63, 3.8) is 0 Å². The van der Waals surface area contributed by atoms with Crippen LogP contribution in [-0.2, 0) is 13.1 Å². The number of nitriles is 2. The number of aromatic nitrogens is 4. The van der Waals surface area contributed by atoms with Gasteiger partial charge < -0.3 is 4.74 Å². The molecule has 6 rings (SSSR count). The molecule has 0 aliphatic rings. The van der Waals surface area contributed by atoms with Crippen molar-refractivity contribution in [1.82, 2.24) is 19.3 Å². The van der Waals surface area contributed by atoms with E-state index in [-0.39, 0.29) is 0 Å². The molecular formula is C34H24Cl2N8O. The monoisotopic (exact) mass is 630 g/mol. The fraction of sp³-hybridized carbons (Fsp3) is 0.0588. The molecule has 0 radical (unpaired) electrons. The maximum atomic E-state index is 9.18. The van der Waals surface area contributed by atoms with E-state index < -0.39 is 0 Å². The molecule has 220 valence electrons. The van der Waals surface area contributed by atoms with E-state index in [1.165, 1.54) is 0 Å². The van der Waals surface area contributed by atoms with Crippen molar-refractivity contribution in [2.45, 2.75) is 13.1 Å². The van der Waals surface area contributed by atoms with E-state index >= 15 is 0 Å². The molecule has 0 bridgehead atoms. The van der Waals surface area contributed by atoms with Crippen LogP contribution in [0.1, 0.15) is 22.3 Å². The summed E-state index contributed by atoms with van der Waals surface area (Å²) in [6.07, 6.45) is 10.5. The first kappa shape index (κ1) is 29.3. The Bertz CT molecular complexity index is 1830. The third kappa shape index (κ3) is 6.76. The maximum absolute atomic E-state index is 9.18. The lowest BCUT2D eigenvalue weighted by Gasteiger charge is -2.26. The molecule has 2 heterocycles. The van der Waals surface area contributed by atoms with E-state index in [0.717, 1.165) is 22.5 Å². The SMILES string of the molecule is N#Cc1ccc(N(Cc2ccc(Oc3ccc(CN(c4ccc(C#N)cc4)n4ccnc4)cc3Cl)c(Cl)c2)n2ccnc2)cc1. The van der Waals surface area contributed by atoms with E-state index in [2.05, 4.69) is 22.1 Å². The van der Waals surface area contributed by atoms with Gasteiger partial charge in [-0.2, -0.15) is 10.5 Å². The smallest absolute Gasteiger partial charge is 0.146 e. The highest BCUT2D eigenvalue weighted by atomic mass is 35.5. The second-order valence-corrected chi connectivity index (χ2v) is 10.8. The van der Waals surface area contributed by atoms with Crippen LogP contribution in [0.15, 0.2) is 122 Å². The lowest BCUT2D eigenvalue weighted by molar-refractivity contribution is 0.482. The first-order valence-electron chi connectivity index (χ1n) is 13.8. The van der Waals surface area contributed by atoms with E-state index in [4.69, 9.17) is 27.9 Å². The van der Waals surface area contributed by atoms with Crippen molar-refractivity contribution < 1.29 is 4.74 Å². The van der Waals surface area contributed by atoms with Gasteiger partial charge in [-0.1, -0.05) is 35.3 Å². The molecule has 0 aliphatic heterocycles. The van der Waals surface area contributed by atoms with Gasteiger partial charge in [-0.05, 0) is 83.9 Å². The highest BCUT2D eigenvalue weighted by Crippen LogP contribution is 2.35. The first-order chi connectivity index (χ1) is 22.0. The highest BCUT2D eigenvalue weighted by Gasteiger charge is 2.15. The summed E-state index contributed by atoms with van der Waals surface area (Å²) in [5.74, 6) is 0.945. The van der Waals surface area contributed by atoms with Crippen molar-refractivity contribution >= 4 is 34.6 Å². The Kier molecular flexibility index (Phi) is 8.65. The van der Waals surface area contributed by atoms with Gasteiger partial charge in [0.1, 0.15) is 24.2 Å². The van der Waals surface area contributed by atoms with Crippen LogP contribution in [0.25, 0.3) is 0 Å². The van der Waals surface area contributed by atoms with Crippen LogP contribution in [0.2, 0.25) is 10.0 Å². The zero-order valence-corrected chi connectivity index (χ0v) is 25.2. The van der Waals surface area contributed by atoms with Crippen LogP contribution in [0.3, 0.4) is 0 Å². The fourth-order valence-corrected chi connectivity index (χ4v) is 5.22. The van der Waals surface area contributed by atoms with Gasteiger partial charge in [0.05, 0.1) is 57.8 Å². The number of benzene rings is 4. The summed E-state index contributed by atoms with van der Waals surface area (Å²) in [5, 5.41) is 23.3. The Hall–Kier alpha value is -5.74. The van der Waals surface area contributed by atoms with Crippen LogP contribution < -0.4 is 14.8 Å². The molecule has 0 N–H and O–H groups in total. The van der Waals surface area contributed by atoms with E-state index in [1.807, 2.05) is 92.4 Å². The first-order valence-corrected chi connectivity index (χ1v) is 14.5. The van der Waals surface area contributed by atoms with Gasteiger partial charge in [0.25, 0.3) is 0 Å². The zero-order valence-electron chi connectivity index (χ0n) is 23.7. The zero-order chi connectivity index (χ0) is 31.2. The lowest BCUT2D eigenvalue weighted by atomic mass is 10.1. The molecule has 0 saturated carbocycles. The number of rotatable bonds is 10.